The van der Waals surface area contributed by atoms with Gasteiger partial charge in [-0.05, 0) is 29.7 Å². The summed E-state index contributed by atoms with van der Waals surface area (Å²) in [6.07, 6.45) is -4.93. The third kappa shape index (κ3) is 7.44. The fraction of sp³-hybridized carbons (Fsp3) is 0.273. The lowest BCUT2D eigenvalue weighted by Crippen LogP contribution is -2.27. The van der Waals surface area contributed by atoms with Crippen molar-refractivity contribution in [2.24, 2.45) is 0 Å². The molecule has 1 aromatic heterocycles. The summed E-state index contributed by atoms with van der Waals surface area (Å²) >= 11 is 1.16. The second-order valence-corrected chi connectivity index (χ2v) is 8.13. The lowest BCUT2D eigenvalue weighted by molar-refractivity contribution is -0.274. The van der Waals surface area contributed by atoms with Gasteiger partial charge in [0.2, 0.25) is 5.91 Å². The zero-order chi connectivity index (χ0) is 24.7. The number of rotatable bonds is 8. The molecule has 0 bridgehead atoms. The third-order valence-corrected chi connectivity index (χ3v) is 5.55. The maximum atomic E-state index is 12.5. The number of alkyl halides is 3. The van der Waals surface area contributed by atoms with Crippen LogP contribution in [0.25, 0.3) is 10.6 Å². The molecule has 1 atom stereocenters. The van der Waals surface area contributed by atoms with E-state index >= 15 is 0 Å². The van der Waals surface area contributed by atoms with Gasteiger partial charge in [0.05, 0.1) is 6.04 Å². The molecule has 0 aliphatic carbocycles. The summed E-state index contributed by atoms with van der Waals surface area (Å²) < 4.78 is 46.5. The van der Waals surface area contributed by atoms with E-state index in [2.05, 4.69) is 25.6 Å². The molecule has 0 aliphatic rings. The number of amides is 2. The number of ether oxygens (including phenoxy) is 2. The molecule has 1 heterocycles. The highest BCUT2D eigenvalue weighted by Crippen LogP contribution is 2.32. The van der Waals surface area contributed by atoms with Crippen LogP contribution in [0.5, 0.6) is 5.75 Å². The summed E-state index contributed by atoms with van der Waals surface area (Å²) in [6.45, 7) is 1.50. The number of benzene rings is 2. The summed E-state index contributed by atoms with van der Waals surface area (Å²) in [5, 5.41) is 14.3. The van der Waals surface area contributed by atoms with Gasteiger partial charge in [0, 0.05) is 19.5 Å². The van der Waals surface area contributed by atoms with Crippen molar-refractivity contribution in [3.8, 4) is 16.3 Å². The molecular formula is C22H21F3N4O4S. The molecule has 8 nitrogen and oxygen atoms in total. The van der Waals surface area contributed by atoms with Crippen molar-refractivity contribution in [2.75, 3.05) is 7.05 Å². The van der Waals surface area contributed by atoms with E-state index in [0.29, 0.717) is 22.0 Å². The topological polar surface area (TPSA) is 102 Å². The Labute approximate surface area is 197 Å². The van der Waals surface area contributed by atoms with E-state index in [4.69, 9.17) is 4.74 Å². The molecule has 34 heavy (non-hydrogen) atoms. The van der Waals surface area contributed by atoms with Crippen LogP contribution in [0.2, 0.25) is 0 Å². The summed E-state index contributed by atoms with van der Waals surface area (Å²) in [4.78, 5) is 23.0. The predicted molar refractivity (Wildman–Crippen MR) is 118 cm³/mol. The van der Waals surface area contributed by atoms with Crippen LogP contribution >= 0.6 is 11.3 Å². The largest absolute Gasteiger partial charge is 0.573 e. The Balaban J connectivity index is 1.75. The minimum Gasteiger partial charge on any atom is -0.445 e. The molecule has 0 radical (unpaired) electrons. The van der Waals surface area contributed by atoms with Gasteiger partial charge in [-0.1, -0.05) is 47.7 Å². The van der Waals surface area contributed by atoms with Crippen LogP contribution < -0.4 is 15.4 Å². The summed E-state index contributed by atoms with van der Waals surface area (Å²) in [7, 11) is 1.47. The van der Waals surface area contributed by atoms with Crippen LogP contribution in [0.4, 0.5) is 18.0 Å². The normalized spacial score (nSPS) is 12.0. The molecule has 0 spiro atoms. The van der Waals surface area contributed by atoms with Gasteiger partial charge in [-0.15, -0.1) is 23.4 Å². The number of carbonyl (C=O) groups is 2. The zero-order valence-corrected chi connectivity index (χ0v) is 19.0. The minimum absolute atomic E-state index is 0.117. The molecule has 3 rings (SSSR count). The molecule has 180 valence electrons. The number of nitrogens with zero attached hydrogens (tertiary/aromatic N) is 2. The fourth-order valence-corrected chi connectivity index (χ4v) is 3.88. The first-order valence-corrected chi connectivity index (χ1v) is 10.8. The van der Waals surface area contributed by atoms with Crippen LogP contribution in [0.3, 0.4) is 0 Å². The lowest BCUT2D eigenvalue weighted by atomic mass is 10.0. The smallest absolute Gasteiger partial charge is 0.445 e. The molecule has 0 fully saturated rings. The monoisotopic (exact) mass is 494 g/mol. The van der Waals surface area contributed by atoms with Gasteiger partial charge in [0.1, 0.15) is 22.4 Å². The average Bonchev–Trinajstić information content (AvgIpc) is 3.27. The van der Waals surface area contributed by atoms with Gasteiger partial charge in [-0.3, -0.25) is 4.79 Å². The number of hydrogen-bond donors (Lipinski definition) is 2. The van der Waals surface area contributed by atoms with E-state index in [9.17, 15) is 22.8 Å². The van der Waals surface area contributed by atoms with Crippen molar-refractivity contribution in [1.82, 2.24) is 20.8 Å². The van der Waals surface area contributed by atoms with E-state index in [1.54, 1.807) is 18.2 Å². The Hall–Kier alpha value is -3.67. The molecule has 2 aromatic carbocycles. The zero-order valence-electron chi connectivity index (χ0n) is 18.2. The predicted octanol–water partition coefficient (Wildman–Crippen LogP) is 4.38. The third-order valence-electron chi connectivity index (χ3n) is 4.47. The standard InChI is InChI=1S/C22H21F3N4O4S/c1-13(30)27-18(10-14-6-8-15(9-7-14)12-32-21(31)26-2)20-29-28-19(34-20)16-4-3-5-17(11-16)33-22(23,24)25/h3-9,11,18H,10,12H2,1-2H3,(H,26,31)(H,27,30). The highest BCUT2D eigenvalue weighted by molar-refractivity contribution is 7.14. The number of halogens is 3. The summed E-state index contributed by atoms with van der Waals surface area (Å²) in [5.41, 5.74) is 2.09. The first kappa shape index (κ1) is 25.0. The van der Waals surface area contributed by atoms with Gasteiger partial charge in [0.15, 0.2) is 0 Å². The molecule has 0 saturated heterocycles. The van der Waals surface area contributed by atoms with Crippen molar-refractivity contribution >= 4 is 23.3 Å². The molecule has 2 amide bonds. The van der Waals surface area contributed by atoms with Crippen molar-refractivity contribution in [2.45, 2.75) is 32.4 Å². The van der Waals surface area contributed by atoms with Crippen molar-refractivity contribution < 1.29 is 32.2 Å². The first-order valence-electron chi connectivity index (χ1n) is 10.0. The van der Waals surface area contributed by atoms with E-state index in [1.165, 1.54) is 32.2 Å². The SMILES string of the molecule is CNC(=O)OCc1ccc(CC(NC(C)=O)c2nnc(-c3cccc(OC(F)(F)F)c3)s2)cc1. The Bertz CT molecular complexity index is 1140. The summed E-state index contributed by atoms with van der Waals surface area (Å²) in [5.74, 6) is -0.626. The number of carbonyl (C=O) groups excluding carboxylic acids is 2. The van der Waals surface area contributed by atoms with E-state index in [-0.39, 0.29) is 18.3 Å². The van der Waals surface area contributed by atoms with Crippen LogP contribution in [0.15, 0.2) is 48.5 Å². The molecule has 0 saturated carbocycles. The summed E-state index contributed by atoms with van der Waals surface area (Å²) in [6, 6.07) is 12.3. The molecule has 12 heteroatoms. The van der Waals surface area contributed by atoms with Crippen LogP contribution in [0, 0.1) is 0 Å². The molecular weight excluding hydrogens is 473 g/mol. The van der Waals surface area contributed by atoms with Gasteiger partial charge in [0.25, 0.3) is 0 Å². The van der Waals surface area contributed by atoms with Crippen molar-refractivity contribution in [1.29, 1.82) is 0 Å². The van der Waals surface area contributed by atoms with Gasteiger partial charge in [-0.25, -0.2) is 4.79 Å². The molecule has 3 aromatic rings. The number of hydrogen-bond acceptors (Lipinski definition) is 7. The number of nitrogens with one attached hydrogen (secondary N) is 2. The average molecular weight is 494 g/mol. The minimum atomic E-state index is -4.80. The van der Waals surface area contributed by atoms with Crippen molar-refractivity contribution in [3.05, 3.63) is 64.7 Å². The number of alkyl carbamates (subject to hydrolysis) is 1. The Morgan fingerprint density at radius 1 is 1.09 bits per heavy atom. The molecule has 1 unspecified atom stereocenters. The molecule has 0 aliphatic heterocycles. The van der Waals surface area contributed by atoms with Gasteiger partial charge >= 0.3 is 12.5 Å². The maximum absolute atomic E-state index is 12.5. The van der Waals surface area contributed by atoms with Crippen LogP contribution in [-0.2, 0) is 22.6 Å². The van der Waals surface area contributed by atoms with Crippen molar-refractivity contribution in [3.63, 3.8) is 0 Å². The Morgan fingerprint density at radius 3 is 2.44 bits per heavy atom. The van der Waals surface area contributed by atoms with Crippen LogP contribution in [0.1, 0.15) is 29.1 Å². The fourth-order valence-electron chi connectivity index (χ4n) is 2.99. The van der Waals surface area contributed by atoms with E-state index in [0.717, 1.165) is 22.5 Å². The van der Waals surface area contributed by atoms with Crippen LogP contribution in [-0.4, -0.2) is 35.6 Å². The van der Waals surface area contributed by atoms with E-state index in [1.807, 2.05) is 12.1 Å². The Kier molecular flexibility index (Phi) is 8.05. The Morgan fingerprint density at radius 2 is 1.79 bits per heavy atom. The van der Waals surface area contributed by atoms with Gasteiger partial charge in [-0.2, -0.15) is 0 Å². The first-order chi connectivity index (χ1) is 16.1. The second-order valence-electron chi connectivity index (χ2n) is 7.12. The maximum Gasteiger partial charge on any atom is 0.573 e. The van der Waals surface area contributed by atoms with Gasteiger partial charge < -0.3 is 20.1 Å². The highest BCUT2D eigenvalue weighted by atomic mass is 32.1. The quantitative estimate of drug-likeness (QED) is 0.482. The van der Waals surface area contributed by atoms with E-state index < -0.39 is 18.5 Å². The number of aromatic nitrogens is 2. The lowest BCUT2D eigenvalue weighted by Gasteiger charge is -2.15. The highest BCUT2D eigenvalue weighted by Gasteiger charge is 2.31. The second kappa shape index (κ2) is 11.0. The molecule has 2 N–H and O–H groups in total.